The molecule has 1 atom stereocenters. The molecule has 1 saturated heterocycles. The van der Waals surface area contributed by atoms with Gasteiger partial charge in [0.1, 0.15) is 5.65 Å². The second-order valence-corrected chi connectivity index (χ2v) is 8.41. The van der Waals surface area contributed by atoms with E-state index in [1.165, 1.54) is 5.56 Å². The van der Waals surface area contributed by atoms with Crippen LogP contribution in [-0.2, 0) is 17.9 Å². The Hall–Kier alpha value is -2.41. The number of aromatic nitrogens is 2. The van der Waals surface area contributed by atoms with Crippen molar-refractivity contribution in [1.82, 2.24) is 19.2 Å². The molecule has 0 bridgehead atoms. The van der Waals surface area contributed by atoms with Gasteiger partial charge in [0, 0.05) is 33.4 Å². The fourth-order valence-corrected chi connectivity index (χ4v) is 4.06. The lowest BCUT2D eigenvalue weighted by Crippen LogP contribution is -2.39. The highest BCUT2D eigenvalue weighted by atomic mass is 35.5. The van der Waals surface area contributed by atoms with E-state index in [9.17, 15) is 4.79 Å². The molecule has 0 aliphatic carbocycles. The minimum absolute atomic E-state index is 0.0984. The largest absolute Gasteiger partial charge is 0.372 e. The smallest absolute Gasteiger partial charge is 0.273 e. The van der Waals surface area contributed by atoms with Crippen LogP contribution in [0.3, 0.4) is 0 Å². The van der Waals surface area contributed by atoms with Gasteiger partial charge < -0.3 is 14.0 Å². The highest BCUT2D eigenvalue weighted by molar-refractivity contribution is 6.30. The zero-order valence-electron chi connectivity index (χ0n) is 17.4. The topological polar surface area (TPSA) is 50.1 Å². The van der Waals surface area contributed by atoms with E-state index in [1.807, 2.05) is 34.9 Å². The lowest BCUT2D eigenvalue weighted by atomic mass is 10.1. The van der Waals surface area contributed by atoms with Crippen LogP contribution in [0.4, 0.5) is 0 Å². The van der Waals surface area contributed by atoms with Gasteiger partial charge in [-0.15, -0.1) is 0 Å². The van der Waals surface area contributed by atoms with Gasteiger partial charge in [0.25, 0.3) is 5.91 Å². The van der Waals surface area contributed by atoms with Crippen molar-refractivity contribution in [2.24, 2.45) is 0 Å². The van der Waals surface area contributed by atoms with Crippen molar-refractivity contribution < 1.29 is 9.53 Å². The van der Waals surface area contributed by atoms with Crippen LogP contribution in [-0.4, -0.2) is 58.4 Å². The number of carbonyl (C=O) groups excluding carboxylic acids is 1. The van der Waals surface area contributed by atoms with Gasteiger partial charge in [-0.05, 0) is 37.1 Å². The molecule has 30 heavy (non-hydrogen) atoms. The maximum atomic E-state index is 12.8. The molecule has 1 aliphatic rings. The number of carbonyl (C=O) groups is 1. The van der Waals surface area contributed by atoms with Crippen LogP contribution in [0.15, 0.2) is 48.7 Å². The Morgan fingerprint density at radius 2 is 2.03 bits per heavy atom. The zero-order chi connectivity index (χ0) is 21.1. The number of likely N-dealkylation sites (tertiary alicyclic amines) is 1. The molecule has 3 heterocycles. The van der Waals surface area contributed by atoms with Crippen LogP contribution >= 0.6 is 11.6 Å². The fourth-order valence-electron chi connectivity index (χ4n) is 3.89. The van der Waals surface area contributed by atoms with Crippen LogP contribution < -0.4 is 0 Å². The third kappa shape index (κ3) is 4.67. The first-order chi connectivity index (χ1) is 14.5. The molecule has 1 aliphatic heterocycles. The molecule has 0 saturated carbocycles. The Morgan fingerprint density at radius 3 is 2.80 bits per heavy atom. The van der Waals surface area contributed by atoms with Gasteiger partial charge in [-0.25, -0.2) is 4.98 Å². The summed E-state index contributed by atoms with van der Waals surface area (Å²) < 4.78 is 8.12. The summed E-state index contributed by atoms with van der Waals surface area (Å²) >= 11 is 6.23. The first-order valence-corrected chi connectivity index (χ1v) is 10.6. The Kier molecular flexibility index (Phi) is 6.37. The molecule has 2 aromatic heterocycles. The average molecular weight is 427 g/mol. The van der Waals surface area contributed by atoms with Crippen LogP contribution in [0, 0.1) is 0 Å². The number of hydrogen-bond donors (Lipinski definition) is 0. The van der Waals surface area contributed by atoms with Crippen molar-refractivity contribution in [3.05, 3.63) is 70.6 Å². The maximum Gasteiger partial charge on any atom is 0.273 e. The van der Waals surface area contributed by atoms with E-state index in [-0.39, 0.29) is 12.0 Å². The van der Waals surface area contributed by atoms with Crippen LogP contribution in [0.2, 0.25) is 5.02 Å². The molecule has 1 aromatic carbocycles. The normalized spacial score (nSPS) is 17.4. The molecule has 3 aromatic rings. The summed E-state index contributed by atoms with van der Waals surface area (Å²) in [5.41, 5.74) is 3.27. The van der Waals surface area contributed by atoms with Crippen molar-refractivity contribution in [2.75, 3.05) is 27.2 Å². The minimum atomic E-state index is -0.0984. The molecule has 0 spiro atoms. The molecule has 0 N–H and O–H groups in total. The Morgan fingerprint density at radius 1 is 1.23 bits per heavy atom. The van der Waals surface area contributed by atoms with E-state index in [0.29, 0.717) is 23.9 Å². The van der Waals surface area contributed by atoms with E-state index in [0.717, 1.165) is 37.3 Å². The number of rotatable bonds is 6. The van der Waals surface area contributed by atoms with E-state index in [4.69, 9.17) is 16.3 Å². The lowest BCUT2D eigenvalue weighted by Gasteiger charge is -2.32. The van der Waals surface area contributed by atoms with E-state index in [1.54, 1.807) is 25.1 Å². The van der Waals surface area contributed by atoms with Gasteiger partial charge >= 0.3 is 0 Å². The van der Waals surface area contributed by atoms with Crippen LogP contribution in [0.1, 0.15) is 34.6 Å². The molecule has 158 valence electrons. The van der Waals surface area contributed by atoms with Crippen molar-refractivity contribution in [3.63, 3.8) is 0 Å². The summed E-state index contributed by atoms with van der Waals surface area (Å²) in [7, 11) is 3.49. The summed E-state index contributed by atoms with van der Waals surface area (Å²) in [6.07, 6.45) is 4.12. The third-order valence-electron chi connectivity index (χ3n) is 5.45. The van der Waals surface area contributed by atoms with E-state index < -0.39 is 0 Å². The van der Waals surface area contributed by atoms with Gasteiger partial charge in [0.05, 0.1) is 23.4 Å². The average Bonchev–Trinajstić information content (AvgIpc) is 3.10. The highest BCUT2D eigenvalue weighted by Gasteiger charge is 2.26. The van der Waals surface area contributed by atoms with Gasteiger partial charge in [0.15, 0.2) is 5.69 Å². The van der Waals surface area contributed by atoms with Crippen molar-refractivity contribution >= 4 is 23.2 Å². The Balaban J connectivity index is 1.52. The number of ether oxygens (including phenoxy) is 1. The predicted octanol–water partition coefficient (Wildman–Crippen LogP) is 3.87. The van der Waals surface area contributed by atoms with Crippen LogP contribution in [0.5, 0.6) is 0 Å². The van der Waals surface area contributed by atoms with Crippen molar-refractivity contribution in [1.29, 1.82) is 0 Å². The molecular weight excluding hydrogens is 400 g/mol. The number of pyridine rings is 1. The number of benzene rings is 1. The molecule has 4 rings (SSSR count). The van der Waals surface area contributed by atoms with Crippen molar-refractivity contribution in [3.8, 4) is 0 Å². The summed E-state index contributed by atoms with van der Waals surface area (Å²) in [5.74, 6) is -0.0984. The van der Waals surface area contributed by atoms with E-state index in [2.05, 4.69) is 22.0 Å². The minimum Gasteiger partial charge on any atom is -0.372 e. The molecule has 1 fully saturated rings. The Labute approximate surface area is 182 Å². The zero-order valence-corrected chi connectivity index (χ0v) is 18.2. The molecule has 7 heteroatoms. The third-order valence-corrected chi connectivity index (χ3v) is 5.68. The van der Waals surface area contributed by atoms with Gasteiger partial charge in [0.2, 0.25) is 0 Å². The molecule has 1 amide bonds. The number of amides is 1. The maximum absolute atomic E-state index is 12.8. The van der Waals surface area contributed by atoms with Crippen molar-refractivity contribution in [2.45, 2.75) is 32.1 Å². The number of imidazole rings is 1. The summed E-state index contributed by atoms with van der Waals surface area (Å²) in [6, 6.07) is 13.9. The first-order valence-electron chi connectivity index (χ1n) is 10.3. The summed E-state index contributed by atoms with van der Waals surface area (Å²) in [6.45, 7) is 3.04. The number of halogens is 1. The van der Waals surface area contributed by atoms with Gasteiger partial charge in [-0.3, -0.25) is 9.69 Å². The van der Waals surface area contributed by atoms with E-state index >= 15 is 0 Å². The van der Waals surface area contributed by atoms with Gasteiger partial charge in [-0.1, -0.05) is 41.9 Å². The monoisotopic (exact) mass is 426 g/mol. The summed E-state index contributed by atoms with van der Waals surface area (Å²) in [4.78, 5) is 21.3. The standard InChI is InChI=1S/C23H27ClN4O2/c1-26(2)23(29)22-20(28-13-18(24)10-11-21(28)25-22)15-27-12-6-9-19(14-27)30-16-17-7-4-3-5-8-17/h3-5,7-8,10-11,13,19H,6,9,12,14-16H2,1-2H3/t19-/m1/s1. The highest BCUT2D eigenvalue weighted by Crippen LogP contribution is 2.22. The van der Waals surface area contributed by atoms with Crippen LogP contribution in [0.25, 0.3) is 5.65 Å². The lowest BCUT2D eigenvalue weighted by molar-refractivity contribution is -0.0124. The fraction of sp³-hybridized carbons (Fsp3) is 0.391. The second-order valence-electron chi connectivity index (χ2n) is 7.98. The SMILES string of the molecule is CN(C)C(=O)c1nc2ccc(Cl)cn2c1CN1CCC[C@@H](OCc2ccccc2)C1. The molecule has 0 unspecified atom stereocenters. The molecule has 6 nitrogen and oxygen atoms in total. The number of nitrogens with zero attached hydrogens (tertiary/aromatic N) is 4. The predicted molar refractivity (Wildman–Crippen MR) is 118 cm³/mol. The number of piperidine rings is 1. The quantitative estimate of drug-likeness (QED) is 0.600. The Bertz CT molecular complexity index is 1020. The molecule has 0 radical (unpaired) electrons. The first kappa shape index (κ1) is 20.8. The number of fused-ring (bicyclic) bond motifs is 1. The number of hydrogen-bond acceptors (Lipinski definition) is 4. The van der Waals surface area contributed by atoms with Gasteiger partial charge in [-0.2, -0.15) is 0 Å². The molecular formula is C23H27ClN4O2. The summed E-state index contributed by atoms with van der Waals surface area (Å²) in [5, 5.41) is 0.618. The second kappa shape index (κ2) is 9.16.